The molecule has 21 heavy (non-hydrogen) atoms. The largest absolute Gasteiger partial charge is 0.282 e. The molecule has 0 amide bonds. The molecule has 1 nitrogen and oxygen atoms in total. The normalized spacial score (nSPS) is 10.4. The maximum Gasteiger partial charge on any atom is 0.219 e. The van der Waals surface area contributed by atoms with E-state index < -0.39 is 0 Å². The van der Waals surface area contributed by atoms with Crippen LogP contribution in [0.1, 0.15) is 6.92 Å². The number of rotatable bonds is 5. The fourth-order valence-corrected chi connectivity index (χ4v) is 3.66. The van der Waals surface area contributed by atoms with Crippen LogP contribution in [0.4, 0.5) is 0 Å². The molecule has 0 N–H and O–H groups in total. The van der Waals surface area contributed by atoms with Gasteiger partial charge in [-0.15, -0.1) is 11.8 Å². The first-order valence-corrected chi connectivity index (χ1v) is 9.24. The Morgan fingerprint density at radius 3 is 2.19 bits per heavy atom. The average molecular weight is 333 g/mol. The molecule has 0 atom stereocenters. The number of carbonyl (C=O) groups is 1. The molecule has 0 aliphatic heterocycles. The maximum atomic E-state index is 11.7. The van der Waals surface area contributed by atoms with Crippen LogP contribution in [-0.4, -0.2) is 11.4 Å². The lowest BCUT2D eigenvalue weighted by Crippen LogP contribution is -1.90. The van der Waals surface area contributed by atoms with E-state index in [1.54, 1.807) is 30.4 Å². The standard InChI is InChI=1S/C17H16OS3/c1-12(2)17(18)21-16-6-4-5-15(11-16)20-14-9-7-13(19-3)8-10-14/h4-11H,1H2,2-3H3. The summed E-state index contributed by atoms with van der Waals surface area (Å²) < 4.78 is 0. The highest BCUT2D eigenvalue weighted by Crippen LogP contribution is 2.32. The first-order chi connectivity index (χ1) is 10.1. The Hall–Kier alpha value is -1.10. The average Bonchev–Trinajstić information content (AvgIpc) is 2.48. The molecule has 0 bridgehead atoms. The van der Waals surface area contributed by atoms with Crippen molar-refractivity contribution in [2.45, 2.75) is 26.5 Å². The van der Waals surface area contributed by atoms with Crippen LogP contribution < -0.4 is 0 Å². The second kappa shape index (κ2) is 7.78. The van der Waals surface area contributed by atoms with Crippen molar-refractivity contribution in [2.24, 2.45) is 0 Å². The van der Waals surface area contributed by atoms with Crippen LogP contribution in [0, 0.1) is 0 Å². The van der Waals surface area contributed by atoms with Crippen LogP contribution in [0.3, 0.4) is 0 Å². The summed E-state index contributed by atoms with van der Waals surface area (Å²) in [6.45, 7) is 5.42. The van der Waals surface area contributed by atoms with Gasteiger partial charge in [0.2, 0.25) is 5.12 Å². The third-order valence-electron chi connectivity index (χ3n) is 2.66. The Morgan fingerprint density at radius 2 is 1.57 bits per heavy atom. The van der Waals surface area contributed by atoms with E-state index in [9.17, 15) is 4.79 Å². The molecule has 2 aromatic rings. The first-order valence-electron chi connectivity index (χ1n) is 6.38. The third-order valence-corrected chi connectivity index (χ3v) is 5.42. The molecule has 0 aliphatic rings. The Labute approximate surface area is 138 Å². The molecule has 2 rings (SSSR count). The molecule has 0 radical (unpaired) electrons. The highest BCUT2D eigenvalue weighted by molar-refractivity contribution is 8.14. The van der Waals surface area contributed by atoms with Crippen molar-refractivity contribution in [3.63, 3.8) is 0 Å². The van der Waals surface area contributed by atoms with Crippen LogP contribution in [0.5, 0.6) is 0 Å². The van der Waals surface area contributed by atoms with Gasteiger partial charge in [0.15, 0.2) is 0 Å². The van der Waals surface area contributed by atoms with Crippen molar-refractivity contribution >= 4 is 40.4 Å². The maximum absolute atomic E-state index is 11.7. The van der Waals surface area contributed by atoms with E-state index in [-0.39, 0.29) is 5.12 Å². The number of thioether (sulfide) groups is 2. The summed E-state index contributed by atoms with van der Waals surface area (Å²) in [5, 5.41) is 0.0153. The fraction of sp³-hybridized carbons (Fsp3) is 0.118. The molecule has 0 saturated carbocycles. The van der Waals surface area contributed by atoms with E-state index in [1.807, 2.05) is 18.2 Å². The quantitative estimate of drug-likeness (QED) is 0.511. The Balaban J connectivity index is 2.09. The Kier molecular flexibility index (Phi) is 6.03. The van der Waals surface area contributed by atoms with Gasteiger partial charge in [0.1, 0.15) is 0 Å². The lowest BCUT2D eigenvalue weighted by Gasteiger charge is -2.05. The number of hydrogen-bond donors (Lipinski definition) is 0. The van der Waals surface area contributed by atoms with Gasteiger partial charge in [-0.2, -0.15) is 0 Å². The van der Waals surface area contributed by atoms with Crippen LogP contribution in [0.25, 0.3) is 0 Å². The summed E-state index contributed by atoms with van der Waals surface area (Å²) in [4.78, 5) is 16.2. The predicted octanol–water partition coefficient (Wildman–Crippen LogP) is 5.75. The highest BCUT2D eigenvalue weighted by Gasteiger charge is 2.06. The van der Waals surface area contributed by atoms with Crippen molar-refractivity contribution in [3.05, 3.63) is 60.7 Å². The molecule has 108 valence electrons. The number of hydrogen-bond acceptors (Lipinski definition) is 4. The van der Waals surface area contributed by atoms with Gasteiger partial charge >= 0.3 is 0 Å². The van der Waals surface area contributed by atoms with E-state index in [1.165, 1.54) is 21.6 Å². The van der Waals surface area contributed by atoms with Gasteiger partial charge in [0.05, 0.1) is 0 Å². The zero-order valence-corrected chi connectivity index (χ0v) is 14.4. The molecule has 2 aromatic carbocycles. The van der Waals surface area contributed by atoms with Crippen molar-refractivity contribution < 1.29 is 4.79 Å². The summed E-state index contributed by atoms with van der Waals surface area (Å²) in [6.07, 6.45) is 2.07. The minimum Gasteiger partial charge on any atom is -0.282 e. The lowest BCUT2D eigenvalue weighted by atomic mass is 10.4. The Morgan fingerprint density at radius 1 is 0.952 bits per heavy atom. The van der Waals surface area contributed by atoms with Gasteiger partial charge in [-0.1, -0.05) is 24.4 Å². The van der Waals surface area contributed by atoms with Crippen LogP contribution in [0.15, 0.2) is 80.3 Å². The summed E-state index contributed by atoms with van der Waals surface area (Å²) in [7, 11) is 0. The molecule has 0 saturated heterocycles. The summed E-state index contributed by atoms with van der Waals surface area (Å²) >= 11 is 4.66. The van der Waals surface area contributed by atoms with Gasteiger partial charge in [-0.05, 0) is 73.0 Å². The van der Waals surface area contributed by atoms with E-state index in [0.717, 1.165) is 9.79 Å². The molecule has 4 heteroatoms. The SMILES string of the molecule is C=C(C)C(=O)Sc1cccc(Sc2ccc(SC)cc2)c1. The lowest BCUT2D eigenvalue weighted by molar-refractivity contribution is -0.107. The zero-order chi connectivity index (χ0) is 15.2. The summed E-state index contributed by atoms with van der Waals surface area (Å²) in [5.74, 6) is 0. The number of benzene rings is 2. The van der Waals surface area contributed by atoms with Crippen molar-refractivity contribution in [3.8, 4) is 0 Å². The van der Waals surface area contributed by atoms with Crippen molar-refractivity contribution in [2.75, 3.05) is 6.26 Å². The fourth-order valence-electron chi connectivity index (χ4n) is 1.58. The predicted molar refractivity (Wildman–Crippen MR) is 94.5 cm³/mol. The molecule has 0 heterocycles. The summed E-state index contributed by atoms with van der Waals surface area (Å²) in [6, 6.07) is 16.5. The first kappa shape index (κ1) is 16.3. The Bertz CT molecular complexity index is 647. The third kappa shape index (κ3) is 4.99. The molecule has 0 unspecified atom stereocenters. The topological polar surface area (TPSA) is 17.1 Å². The smallest absolute Gasteiger partial charge is 0.219 e. The van der Waals surface area contributed by atoms with Crippen molar-refractivity contribution in [1.29, 1.82) is 0 Å². The molecular formula is C17H16OS3. The van der Waals surface area contributed by atoms with Gasteiger partial charge in [-0.25, -0.2) is 0 Å². The molecule has 0 spiro atoms. The van der Waals surface area contributed by atoms with Crippen LogP contribution >= 0.6 is 35.3 Å². The second-order valence-electron chi connectivity index (χ2n) is 4.42. The van der Waals surface area contributed by atoms with Gasteiger partial charge < -0.3 is 0 Å². The minimum atomic E-state index is 0.0153. The van der Waals surface area contributed by atoms with E-state index in [2.05, 4.69) is 43.2 Å². The minimum absolute atomic E-state index is 0.0153. The molecular weight excluding hydrogens is 316 g/mol. The van der Waals surface area contributed by atoms with Crippen LogP contribution in [-0.2, 0) is 4.79 Å². The van der Waals surface area contributed by atoms with E-state index in [4.69, 9.17) is 0 Å². The molecule has 0 fully saturated rings. The number of carbonyl (C=O) groups excluding carboxylic acids is 1. The van der Waals surface area contributed by atoms with Gasteiger partial charge in [0.25, 0.3) is 0 Å². The second-order valence-corrected chi connectivity index (χ2v) is 7.50. The van der Waals surface area contributed by atoms with E-state index >= 15 is 0 Å². The van der Waals surface area contributed by atoms with Crippen molar-refractivity contribution in [1.82, 2.24) is 0 Å². The van der Waals surface area contributed by atoms with Crippen LogP contribution in [0.2, 0.25) is 0 Å². The summed E-state index contributed by atoms with van der Waals surface area (Å²) in [5.41, 5.74) is 0.575. The molecule has 0 aromatic heterocycles. The van der Waals surface area contributed by atoms with Gasteiger partial charge in [-0.3, -0.25) is 4.79 Å². The van der Waals surface area contributed by atoms with E-state index in [0.29, 0.717) is 5.57 Å². The van der Waals surface area contributed by atoms with Gasteiger partial charge in [0, 0.05) is 19.6 Å². The highest BCUT2D eigenvalue weighted by atomic mass is 32.2. The zero-order valence-electron chi connectivity index (χ0n) is 12.0. The monoisotopic (exact) mass is 332 g/mol. The molecule has 0 aliphatic carbocycles.